The summed E-state index contributed by atoms with van der Waals surface area (Å²) in [6.07, 6.45) is 2.45. The molecule has 1 rings (SSSR count). The third-order valence-corrected chi connectivity index (χ3v) is 3.39. The van der Waals surface area contributed by atoms with Gasteiger partial charge in [0.05, 0.1) is 6.61 Å². The van der Waals surface area contributed by atoms with E-state index in [0.717, 1.165) is 31.3 Å². The Kier molecular flexibility index (Phi) is 5.58. The van der Waals surface area contributed by atoms with Gasteiger partial charge in [0, 0.05) is 12.6 Å². The Morgan fingerprint density at radius 2 is 2.20 bits per heavy atom. The van der Waals surface area contributed by atoms with Crippen LogP contribution in [0, 0.1) is 11.8 Å². The second-order valence-corrected chi connectivity index (χ2v) is 4.96. The van der Waals surface area contributed by atoms with Crippen LogP contribution >= 0.6 is 0 Å². The predicted octanol–water partition coefficient (Wildman–Crippen LogP) is 0.935. The Balaban J connectivity index is 2.06. The number of aliphatic hydroxyl groups is 1. The number of nitrogens with one attached hydrogen (secondary N) is 1. The molecule has 1 fully saturated rings. The lowest BCUT2D eigenvalue weighted by molar-refractivity contribution is 0.216. The molecule has 1 saturated carbocycles. The molecule has 0 heterocycles. The van der Waals surface area contributed by atoms with Crippen LogP contribution in [0.15, 0.2) is 0 Å². The maximum atomic E-state index is 9.13. The summed E-state index contributed by atoms with van der Waals surface area (Å²) < 4.78 is 0. The van der Waals surface area contributed by atoms with Crippen molar-refractivity contribution in [3.8, 4) is 0 Å². The van der Waals surface area contributed by atoms with E-state index in [9.17, 15) is 0 Å². The summed E-state index contributed by atoms with van der Waals surface area (Å²) in [5.74, 6) is 1.87. The number of hydrogen-bond donors (Lipinski definition) is 2. The molecule has 3 atom stereocenters. The molecule has 0 bridgehead atoms. The SMILES string of the molecule is CCNC(CO)CCN(C)CC1CC1C. The molecule has 1 aliphatic carbocycles. The third kappa shape index (κ3) is 4.96. The smallest absolute Gasteiger partial charge is 0.0585 e. The zero-order valence-corrected chi connectivity index (χ0v) is 10.4. The van der Waals surface area contributed by atoms with Gasteiger partial charge in [0.25, 0.3) is 0 Å². The van der Waals surface area contributed by atoms with E-state index >= 15 is 0 Å². The van der Waals surface area contributed by atoms with Gasteiger partial charge in [-0.1, -0.05) is 13.8 Å². The van der Waals surface area contributed by atoms with Gasteiger partial charge in [-0.25, -0.2) is 0 Å². The standard InChI is InChI=1S/C12H26N2O/c1-4-13-12(9-15)5-6-14(3)8-11-7-10(11)2/h10-13,15H,4-9H2,1-3H3. The van der Waals surface area contributed by atoms with E-state index in [1.54, 1.807) is 0 Å². The van der Waals surface area contributed by atoms with Crippen molar-refractivity contribution in [3.63, 3.8) is 0 Å². The molecule has 2 N–H and O–H groups in total. The van der Waals surface area contributed by atoms with Crippen molar-refractivity contribution in [1.82, 2.24) is 10.2 Å². The van der Waals surface area contributed by atoms with Gasteiger partial charge in [0.1, 0.15) is 0 Å². The first-order chi connectivity index (χ1) is 7.17. The second kappa shape index (κ2) is 6.46. The number of rotatable bonds is 8. The summed E-state index contributed by atoms with van der Waals surface area (Å²) in [4.78, 5) is 2.40. The highest BCUT2D eigenvalue weighted by molar-refractivity contribution is 4.84. The largest absolute Gasteiger partial charge is 0.395 e. The Hall–Kier alpha value is -0.120. The summed E-state index contributed by atoms with van der Waals surface area (Å²) in [5, 5.41) is 12.4. The zero-order valence-electron chi connectivity index (χ0n) is 10.4. The van der Waals surface area contributed by atoms with Crippen LogP contribution < -0.4 is 5.32 Å². The lowest BCUT2D eigenvalue weighted by Gasteiger charge is -2.20. The predicted molar refractivity (Wildman–Crippen MR) is 63.9 cm³/mol. The Morgan fingerprint density at radius 3 is 2.67 bits per heavy atom. The van der Waals surface area contributed by atoms with Crippen molar-refractivity contribution in [1.29, 1.82) is 0 Å². The first-order valence-electron chi connectivity index (χ1n) is 6.20. The topological polar surface area (TPSA) is 35.5 Å². The van der Waals surface area contributed by atoms with Crippen molar-refractivity contribution in [3.05, 3.63) is 0 Å². The molecule has 0 spiro atoms. The summed E-state index contributed by atoms with van der Waals surface area (Å²) >= 11 is 0. The van der Waals surface area contributed by atoms with Crippen molar-refractivity contribution >= 4 is 0 Å². The second-order valence-electron chi connectivity index (χ2n) is 4.96. The molecular weight excluding hydrogens is 188 g/mol. The molecule has 0 aromatic carbocycles. The summed E-state index contributed by atoms with van der Waals surface area (Å²) in [6.45, 7) is 7.91. The minimum Gasteiger partial charge on any atom is -0.395 e. The van der Waals surface area contributed by atoms with Crippen LogP contribution in [-0.2, 0) is 0 Å². The minimum atomic E-state index is 0.251. The minimum absolute atomic E-state index is 0.251. The van der Waals surface area contributed by atoms with Crippen LogP contribution in [-0.4, -0.2) is 49.3 Å². The highest BCUT2D eigenvalue weighted by atomic mass is 16.3. The van der Waals surface area contributed by atoms with Crippen LogP contribution in [0.3, 0.4) is 0 Å². The van der Waals surface area contributed by atoms with E-state index in [2.05, 4.69) is 31.1 Å². The molecule has 1 aliphatic rings. The number of nitrogens with zero attached hydrogens (tertiary/aromatic N) is 1. The van der Waals surface area contributed by atoms with Crippen molar-refractivity contribution in [2.75, 3.05) is 33.3 Å². The van der Waals surface area contributed by atoms with E-state index < -0.39 is 0 Å². The van der Waals surface area contributed by atoms with Gasteiger partial charge in [0.2, 0.25) is 0 Å². The van der Waals surface area contributed by atoms with E-state index in [0.29, 0.717) is 0 Å². The molecule has 3 nitrogen and oxygen atoms in total. The van der Waals surface area contributed by atoms with Crippen LogP contribution in [0.5, 0.6) is 0 Å². The molecule has 0 radical (unpaired) electrons. The number of aliphatic hydroxyl groups excluding tert-OH is 1. The fourth-order valence-corrected chi connectivity index (χ4v) is 2.07. The van der Waals surface area contributed by atoms with Gasteiger partial charge in [-0.2, -0.15) is 0 Å². The fourth-order valence-electron chi connectivity index (χ4n) is 2.07. The van der Waals surface area contributed by atoms with Crippen LogP contribution in [0.2, 0.25) is 0 Å². The van der Waals surface area contributed by atoms with Gasteiger partial charge in [-0.05, 0) is 44.8 Å². The summed E-state index contributed by atoms with van der Waals surface area (Å²) in [6, 6.07) is 0.272. The maximum Gasteiger partial charge on any atom is 0.0585 e. The molecule has 3 heteroatoms. The first-order valence-corrected chi connectivity index (χ1v) is 6.20. The first kappa shape index (κ1) is 12.9. The lowest BCUT2D eigenvalue weighted by Crippen LogP contribution is -2.36. The molecule has 90 valence electrons. The summed E-state index contributed by atoms with van der Waals surface area (Å²) in [5.41, 5.74) is 0. The molecular formula is C12H26N2O. The van der Waals surface area contributed by atoms with Crippen LogP contribution in [0.4, 0.5) is 0 Å². The highest BCUT2D eigenvalue weighted by Crippen LogP contribution is 2.37. The van der Waals surface area contributed by atoms with E-state index in [1.807, 2.05) is 0 Å². The van der Waals surface area contributed by atoms with E-state index in [-0.39, 0.29) is 12.6 Å². The molecule has 0 aromatic heterocycles. The van der Waals surface area contributed by atoms with Crippen molar-refractivity contribution < 1.29 is 5.11 Å². The Bertz CT molecular complexity index is 175. The third-order valence-electron chi connectivity index (χ3n) is 3.39. The zero-order chi connectivity index (χ0) is 11.3. The van der Waals surface area contributed by atoms with Crippen molar-refractivity contribution in [2.24, 2.45) is 11.8 Å². The molecule has 0 saturated heterocycles. The summed E-state index contributed by atoms with van der Waals surface area (Å²) in [7, 11) is 2.19. The molecule has 3 unspecified atom stereocenters. The van der Waals surface area contributed by atoms with Crippen LogP contribution in [0.25, 0.3) is 0 Å². The quantitative estimate of drug-likeness (QED) is 0.631. The van der Waals surface area contributed by atoms with Gasteiger partial charge in [0.15, 0.2) is 0 Å². The fraction of sp³-hybridized carbons (Fsp3) is 1.00. The highest BCUT2D eigenvalue weighted by Gasteiger charge is 2.32. The molecule has 0 amide bonds. The van der Waals surface area contributed by atoms with Crippen LogP contribution in [0.1, 0.15) is 26.7 Å². The van der Waals surface area contributed by atoms with Gasteiger partial charge < -0.3 is 15.3 Å². The average Bonchev–Trinajstić information content (AvgIpc) is 2.88. The monoisotopic (exact) mass is 214 g/mol. The van der Waals surface area contributed by atoms with Gasteiger partial charge >= 0.3 is 0 Å². The molecule has 0 aromatic rings. The van der Waals surface area contributed by atoms with Gasteiger partial charge in [-0.15, -0.1) is 0 Å². The average molecular weight is 214 g/mol. The molecule has 0 aliphatic heterocycles. The maximum absolute atomic E-state index is 9.13. The molecule has 15 heavy (non-hydrogen) atoms. The van der Waals surface area contributed by atoms with E-state index in [4.69, 9.17) is 5.11 Å². The van der Waals surface area contributed by atoms with E-state index in [1.165, 1.54) is 13.0 Å². The number of likely N-dealkylation sites (N-methyl/N-ethyl adjacent to an activating group) is 1. The normalized spacial score (nSPS) is 27.0. The Labute approximate surface area is 93.9 Å². The van der Waals surface area contributed by atoms with Gasteiger partial charge in [-0.3, -0.25) is 0 Å². The van der Waals surface area contributed by atoms with Crippen molar-refractivity contribution in [2.45, 2.75) is 32.7 Å². The lowest BCUT2D eigenvalue weighted by atomic mass is 10.2. The number of hydrogen-bond acceptors (Lipinski definition) is 3. The Morgan fingerprint density at radius 1 is 1.53 bits per heavy atom.